The number of nitro groups is 1. The third-order valence-corrected chi connectivity index (χ3v) is 7.21. The second-order valence-electron chi connectivity index (χ2n) is 10.1. The maximum absolute atomic E-state index is 13.2. The van der Waals surface area contributed by atoms with Crippen LogP contribution < -0.4 is 14.9 Å². The maximum atomic E-state index is 13.2. The monoisotopic (exact) mass is 415 g/mol. The Kier molecular flexibility index (Phi) is 4.78. The minimum atomic E-state index is -0.523. The van der Waals surface area contributed by atoms with Crippen LogP contribution >= 0.6 is 0 Å². The lowest BCUT2D eigenvalue weighted by molar-refractivity contribution is -0.385. The molecular weight excluding hydrogens is 386 g/mol. The molecule has 1 N–H and O–H groups in total. The molecule has 0 aromatic heterocycles. The Labute approximate surface area is 176 Å². The molecule has 0 saturated heterocycles. The topological polar surface area (TPSA) is 103 Å². The van der Waals surface area contributed by atoms with E-state index >= 15 is 0 Å². The Hall–Kier alpha value is -2.64. The molecule has 1 aromatic carbocycles. The van der Waals surface area contributed by atoms with Gasteiger partial charge in [-0.25, -0.2) is 5.43 Å². The Balaban J connectivity index is 1.55. The van der Waals surface area contributed by atoms with Crippen LogP contribution in [-0.4, -0.2) is 31.3 Å². The molecule has 0 heterocycles. The smallest absolute Gasteiger partial charge is 0.311 e. The van der Waals surface area contributed by atoms with E-state index in [2.05, 4.69) is 24.4 Å². The summed E-state index contributed by atoms with van der Waals surface area (Å²) < 4.78 is 10.4. The van der Waals surface area contributed by atoms with Crippen LogP contribution in [-0.2, 0) is 4.79 Å². The lowest BCUT2D eigenvalue weighted by Gasteiger charge is -2.64. The number of hydrogen-bond acceptors (Lipinski definition) is 6. The quantitative estimate of drug-likeness (QED) is 0.429. The molecule has 1 aromatic rings. The SMILES string of the molecule is COc1cc(OC)c([N+](=O)[O-])cc1/C=N/NC(=O)C12CC3CC(C)(CC(C)(C3)C1)C2. The normalized spacial score (nSPS) is 34.2. The van der Waals surface area contributed by atoms with Crippen molar-refractivity contribution >= 4 is 17.8 Å². The van der Waals surface area contributed by atoms with Crippen LogP contribution in [0.4, 0.5) is 5.69 Å². The molecular formula is C22H29N3O5. The summed E-state index contributed by atoms with van der Waals surface area (Å²) in [6, 6.07) is 2.78. The van der Waals surface area contributed by atoms with Gasteiger partial charge >= 0.3 is 5.69 Å². The lowest BCUT2D eigenvalue weighted by atomic mass is 9.40. The fourth-order valence-electron chi connectivity index (χ4n) is 7.13. The minimum absolute atomic E-state index is 0.0396. The zero-order chi connectivity index (χ0) is 21.7. The van der Waals surface area contributed by atoms with Gasteiger partial charge in [-0.15, -0.1) is 0 Å². The summed E-state index contributed by atoms with van der Waals surface area (Å²) in [5.41, 5.74) is 3.03. The number of carbonyl (C=O) groups excluding carboxylic acids is 1. The van der Waals surface area contributed by atoms with Crippen molar-refractivity contribution in [3.8, 4) is 11.5 Å². The van der Waals surface area contributed by atoms with E-state index in [9.17, 15) is 14.9 Å². The average Bonchev–Trinajstić information content (AvgIpc) is 2.64. The van der Waals surface area contributed by atoms with Crippen LogP contribution in [0.15, 0.2) is 17.2 Å². The van der Waals surface area contributed by atoms with Crippen LogP contribution in [0.25, 0.3) is 0 Å². The fraction of sp³-hybridized carbons (Fsp3) is 0.636. The highest BCUT2D eigenvalue weighted by Gasteiger charge is 2.62. The number of methoxy groups -OCH3 is 2. The zero-order valence-corrected chi connectivity index (χ0v) is 18.0. The molecule has 5 rings (SSSR count). The number of amides is 1. The van der Waals surface area contributed by atoms with Gasteiger partial charge in [-0.1, -0.05) is 13.8 Å². The predicted octanol–water partition coefficient (Wildman–Crippen LogP) is 4.06. The molecule has 162 valence electrons. The zero-order valence-electron chi connectivity index (χ0n) is 18.0. The van der Waals surface area contributed by atoms with E-state index in [1.165, 1.54) is 51.8 Å². The number of hydrazone groups is 1. The van der Waals surface area contributed by atoms with Gasteiger partial charge in [0.2, 0.25) is 11.7 Å². The number of benzene rings is 1. The Morgan fingerprint density at radius 1 is 1.13 bits per heavy atom. The number of nitrogens with one attached hydrogen (secondary N) is 1. The second-order valence-corrected chi connectivity index (χ2v) is 10.1. The maximum Gasteiger partial charge on any atom is 0.311 e. The minimum Gasteiger partial charge on any atom is -0.496 e. The first-order valence-corrected chi connectivity index (χ1v) is 10.3. The van der Waals surface area contributed by atoms with Crippen molar-refractivity contribution in [1.82, 2.24) is 5.43 Å². The van der Waals surface area contributed by atoms with Gasteiger partial charge in [0.05, 0.1) is 30.8 Å². The van der Waals surface area contributed by atoms with Crippen molar-refractivity contribution in [2.24, 2.45) is 27.3 Å². The highest BCUT2D eigenvalue weighted by molar-refractivity contribution is 5.88. The molecule has 8 heteroatoms. The summed E-state index contributed by atoms with van der Waals surface area (Å²) in [5.74, 6) is 1.05. The van der Waals surface area contributed by atoms with E-state index in [0.29, 0.717) is 17.2 Å². The predicted molar refractivity (Wildman–Crippen MR) is 112 cm³/mol. The van der Waals surface area contributed by atoms with Crippen molar-refractivity contribution in [2.75, 3.05) is 14.2 Å². The molecule has 8 nitrogen and oxygen atoms in total. The number of carbonyl (C=O) groups is 1. The van der Waals surface area contributed by atoms with Crippen molar-refractivity contribution < 1.29 is 19.2 Å². The Morgan fingerprint density at radius 2 is 1.77 bits per heavy atom. The number of ether oxygens (including phenoxy) is 2. The summed E-state index contributed by atoms with van der Waals surface area (Å²) in [6.07, 6.45) is 7.77. The molecule has 0 radical (unpaired) electrons. The molecule has 0 spiro atoms. The molecule has 4 aliphatic carbocycles. The summed E-state index contributed by atoms with van der Waals surface area (Å²) in [6.45, 7) is 4.64. The molecule has 0 aliphatic heterocycles. The first-order chi connectivity index (χ1) is 14.1. The van der Waals surface area contributed by atoms with Crippen LogP contribution in [0.3, 0.4) is 0 Å². The van der Waals surface area contributed by atoms with E-state index < -0.39 is 4.92 Å². The third-order valence-electron chi connectivity index (χ3n) is 7.21. The standard InChI is InChI=1S/C22H29N3O5/c1-20-7-14-8-21(2,11-20)13-22(9-14,12-20)19(26)24-23-10-15-5-16(25(27)28)18(30-4)6-17(15)29-3/h5-6,10,14H,7-9,11-13H2,1-4H3,(H,24,26)/b23-10+. The second kappa shape index (κ2) is 6.96. The number of hydrogen-bond donors (Lipinski definition) is 1. The van der Waals surface area contributed by atoms with Gasteiger partial charge in [0, 0.05) is 17.7 Å². The number of nitrogens with zero attached hydrogens (tertiary/aromatic N) is 2. The average molecular weight is 415 g/mol. The van der Waals surface area contributed by atoms with Gasteiger partial charge in [0.1, 0.15) is 5.75 Å². The van der Waals surface area contributed by atoms with Crippen LogP contribution in [0.5, 0.6) is 11.5 Å². The molecule has 2 unspecified atom stereocenters. The van der Waals surface area contributed by atoms with E-state index in [0.717, 1.165) is 19.3 Å². The Morgan fingerprint density at radius 3 is 2.30 bits per heavy atom. The number of nitro benzene ring substituents is 1. The van der Waals surface area contributed by atoms with Crippen molar-refractivity contribution in [1.29, 1.82) is 0 Å². The molecule has 4 fully saturated rings. The van der Waals surface area contributed by atoms with Gasteiger partial charge in [-0.05, 0) is 55.3 Å². The first-order valence-electron chi connectivity index (χ1n) is 10.3. The molecule has 4 bridgehead atoms. The van der Waals surface area contributed by atoms with Crippen molar-refractivity contribution in [2.45, 2.75) is 52.4 Å². The van der Waals surface area contributed by atoms with Gasteiger partial charge in [0.25, 0.3) is 0 Å². The van der Waals surface area contributed by atoms with Gasteiger partial charge in [0.15, 0.2) is 0 Å². The molecule has 4 aliphatic rings. The van der Waals surface area contributed by atoms with E-state index in [-0.39, 0.29) is 33.6 Å². The highest BCUT2D eigenvalue weighted by Crippen LogP contribution is 2.69. The summed E-state index contributed by atoms with van der Waals surface area (Å²) in [4.78, 5) is 24.0. The van der Waals surface area contributed by atoms with Crippen molar-refractivity contribution in [3.63, 3.8) is 0 Å². The van der Waals surface area contributed by atoms with E-state index in [1.807, 2.05) is 0 Å². The van der Waals surface area contributed by atoms with Crippen molar-refractivity contribution in [3.05, 3.63) is 27.8 Å². The molecule has 1 amide bonds. The molecule has 30 heavy (non-hydrogen) atoms. The third kappa shape index (κ3) is 3.42. The summed E-state index contributed by atoms with van der Waals surface area (Å²) >= 11 is 0. The van der Waals surface area contributed by atoms with Gasteiger partial charge in [-0.2, -0.15) is 5.10 Å². The van der Waals surface area contributed by atoms with Gasteiger partial charge in [-0.3, -0.25) is 14.9 Å². The van der Waals surface area contributed by atoms with E-state index in [4.69, 9.17) is 9.47 Å². The lowest BCUT2D eigenvalue weighted by Crippen LogP contribution is -2.59. The summed E-state index contributed by atoms with van der Waals surface area (Å²) in [5, 5.41) is 15.4. The first kappa shape index (κ1) is 20.6. The van der Waals surface area contributed by atoms with Gasteiger partial charge < -0.3 is 9.47 Å². The van der Waals surface area contributed by atoms with Crippen LogP contribution in [0.2, 0.25) is 0 Å². The van der Waals surface area contributed by atoms with E-state index in [1.54, 1.807) is 0 Å². The van der Waals surface area contributed by atoms with Crippen LogP contribution in [0.1, 0.15) is 57.9 Å². The molecule has 2 atom stereocenters. The fourth-order valence-corrected chi connectivity index (χ4v) is 7.13. The molecule has 4 saturated carbocycles. The number of rotatable bonds is 6. The highest BCUT2D eigenvalue weighted by atomic mass is 16.6. The Bertz CT molecular complexity index is 910. The van der Waals surface area contributed by atoms with Crippen LogP contribution in [0, 0.1) is 32.3 Å². The summed E-state index contributed by atoms with van der Waals surface area (Å²) in [7, 11) is 2.83. The largest absolute Gasteiger partial charge is 0.496 e.